The predicted molar refractivity (Wildman–Crippen MR) is 129 cm³/mol. The van der Waals surface area contributed by atoms with Crippen LogP contribution in [0.25, 0.3) is 0 Å². The van der Waals surface area contributed by atoms with Gasteiger partial charge >= 0.3 is 5.97 Å². The molecule has 0 unspecified atom stereocenters. The highest BCUT2D eigenvalue weighted by Gasteiger charge is 2.42. The number of benzene rings is 2. The second kappa shape index (κ2) is 10.2. The number of nitrogens with zero attached hydrogens (tertiary/aromatic N) is 1. The summed E-state index contributed by atoms with van der Waals surface area (Å²) < 4.78 is 22.8. The Hall–Kier alpha value is -3.77. The summed E-state index contributed by atoms with van der Waals surface area (Å²) in [6.07, 6.45) is 1.54. The molecule has 180 valence electrons. The number of rotatable bonds is 6. The van der Waals surface area contributed by atoms with E-state index in [2.05, 4.69) is 22.0 Å². The number of Topliss-reactive ketones (excluding diaryl/α,β-unsaturated/α-hetero) is 1. The normalized spacial score (nSPS) is 17.3. The van der Waals surface area contributed by atoms with E-state index in [0.29, 0.717) is 57.7 Å². The molecule has 2 aliphatic rings. The van der Waals surface area contributed by atoms with E-state index in [4.69, 9.17) is 24.7 Å². The van der Waals surface area contributed by atoms with Gasteiger partial charge in [0.1, 0.15) is 17.9 Å². The minimum atomic E-state index is -0.796. The van der Waals surface area contributed by atoms with Gasteiger partial charge in [0.05, 0.1) is 31.8 Å². The summed E-state index contributed by atoms with van der Waals surface area (Å²) in [6, 6.07) is 12.7. The van der Waals surface area contributed by atoms with E-state index in [1.165, 1.54) is 14.2 Å². The van der Waals surface area contributed by atoms with Crippen LogP contribution < -0.4 is 15.2 Å². The Balaban J connectivity index is 1.78. The lowest BCUT2D eigenvalue weighted by Gasteiger charge is -2.33. The highest BCUT2D eigenvalue weighted by atomic mass is 79.9. The van der Waals surface area contributed by atoms with Gasteiger partial charge in [-0.25, -0.2) is 4.79 Å². The molecule has 0 spiro atoms. The first kappa shape index (κ1) is 24.4. The minimum absolute atomic E-state index is 0.0564. The number of hydrogen-bond donors (Lipinski definition) is 1. The van der Waals surface area contributed by atoms with E-state index in [1.54, 1.807) is 24.3 Å². The topological polar surface area (TPSA) is 121 Å². The summed E-state index contributed by atoms with van der Waals surface area (Å²) in [5, 5.41) is 9.34. The molecule has 1 atom stereocenters. The first-order chi connectivity index (χ1) is 16.9. The van der Waals surface area contributed by atoms with E-state index < -0.39 is 11.9 Å². The maximum absolute atomic E-state index is 13.0. The molecule has 0 bridgehead atoms. The van der Waals surface area contributed by atoms with Crippen LogP contribution in [-0.4, -0.2) is 26.0 Å². The van der Waals surface area contributed by atoms with Crippen molar-refractivity contribution >= 4 is 27.7 Å². The number of esters is 1. The van der Waals surface area contributed by atoms with Gasteiger partial charge in [0.15, 0.2) is 17.3 Å². The highest BCUT2D eigenvalue weighted by Crippen LogP contribution is 2.48. The Kier molecular flexibility index (Phi) is 7.12. The molecule has 2 aromatic carbocycles. The van der Waals surface area contributed by atoms with E-state index in [0.717, 1.165) is 5.56 Å². The molecule has 2 N–H and O–H groups in total. The van der Waals surface area contributed by atoms with E-state index in [9.17, 15) is 14.9 Å². The molecule has 9 heteroatoms. The highest BCUT2D eigenvalue weighted by molar-refractivity contribution is 9.10. The maximum Gasteiger partial charge on any atom is 0.340 e. The molecular formula is C26H23BrN2O6. The number of methoxy groups -OCH3 is 2. The van der Waals surface area contributed by atoms with Crippen molar-refractivity contribution < 1.29 is 28.5 Å². The van der Waals surface area contributed by atoms with Crippen LogP contribution >= 0.6 is 15.9 Å². The largest absolute Gasteiger partial charge is 0.493 e. The van der Waals surface area contributed by atoms with Crippen molar-refractivity contribution in [2.75, 3.05) is 14.2 Å². The smallest absolute Gasteiger partial charge is 0.340 e. The number of carbonyl (C=O) groups is 2. The number of carbonyl (C=O) groups excluding carboxylic acids is 2. The van der Waals surface area contributed by atoms with Gasteiger partial charge in [-0.1, -0.05) is 34.1 Å². The zero-order valence-electron chi connectivity index (χ0n) is 19.2. The lowest BCUT2D eigenvalue weighted by atomic mass is 9.77. The molecule has 0 saturated carbocycles. The third-order valence-electron chi connectivity index (χ3n) is 6.00. The lowest BCUT2D eigenvalue weighted by molar-refractivity contribution is -0.136. The summed E-state index contributed by atoms with van der Waals surface area (Å²) in [5.41, 5.74) is 8.42. The molecule has 0 radical (unpaired) electrons. The lowest BCUT2D eigenvalue weighted by Crippen LogP contribution is -2.31. The van der Waals surface area contributed by atoms with Gasteiger partial charge in [-0.15, -0.1) is 0 Å². The molecule has 0 amide bonds. The van der Waals surface area contributed by atoms with Crippen molar-refractivity contribution in [2.45, 2.75) is 31.8 Å². The predicted octanol–water partition coefficient (Wildman–Crippen LogP) is 4.37. The first-order valence-corrected chi connectivity index (χ1v) is 11.7. The van der Waals surface area contributed by atoms with Crippen LogP contribution in [0.1, 0.15) is 41.9 Å². The summed E-state index contributed by atoms with van der Waals surface area (Å²) >= 11 is 3.58. The standard InChI is InChI=1S/C26H23BrN2O6/c1-32-20-10-16(17(27)11-21(20)34-13-15-7-4-3-6-14(15)12-28)22-23-18(30)8-5-9-19(23)35-25(29)24(22)26(31)33-2/h3-4,6-7,10-11,22H,5,8-9,13,29H2,1-2H3/t22-/m1/s1. The molecule has 4 rings (SSSR count). The van der Waals surface area contributed by atoms with Crippen LogP contribution in [0.2, 0.25) is 0 Å². The fourth-order valence-electron chi connectivity index (χ4n) is 4.33. The Labute approximate surface area is 211 Å². The Morgan fingerprint density at radius 1 is 1.23 bits per heavy atom. The number of nitriles is 1. The van der Waals surface area contributed by atoms with Gasteiger partial charge in [-0.3, -0.25) is 4.79 Å². The second-order valence-electron chi connectivity index (χ2n) is 8.00. The summed E-state index contributed by atoms with van der Waals surface area (Å²) in [7, 11) is 2.74. The van der Waals surface area contributed by atoms with Crippen molar-refractivity contribution in [2.24, 2.45) is 5.73 Å². The summed E-state index contributed by atoms with van der Waals surface area (Å²) in [4.78, 5) is 25.7. The molecule has 1 aliphatic carbocycles. The van der Waals surface area contributed by atoms with Gasteiger partial charge in [-0.2, -0.15) is 5.26 Å². The monoisotopic (exact) mass is 538 g/mol. The van der Waals surface area contributed by atoms with E-state index >= 15 is 0 Å². The van der Waals surface area contributed by atoms with Crippen LogP contribution in [0.3, 0.4) is 0 Å². The van der Waals surface area contributed by atoms with Gasteiger partial charge < -0.3 is 24.7 Å². The Bertz CT molecular complexity index is 1310. The Morgan fingerprint density at radius 2 is 2.00 bits per heavy atom. The van der Waals surface area contributed by atoms with Gasteiger partial charge in [0, 0.05) is 28.5 Å². The molecule has 1 aliphatic heterocycles. The quantitative estimate of drug-likeness (QED) is 0.538. The molecule has 2 aromatic rings. The average Bonchev–Trinajstić information content (AvgIpc) is 2.86. The molecule has 0 fully saturated rings. The summed E-state index contributed by atoms with van der Waals surface area (Å²) in [5.74, 6) is -0.400. The van der Waals surface area contributed by atoms with Gasteiger partial charge in [0.2, 0.25) is 5.88 Å². The molecule has 0 saturated heterocycles. The number of ketones is 1. The first-order valence-electron chi connectivity index (χ1n) is 10.9. The van der Waals surface area contributed by atoms with Crippen LogP contribution in [0, 0.1) is 11.3 Å². The third kappa shape index (κ3) is 4.62. The van der Waals surface area contributed by atoms with Crippen molar-refractivity contribution in [1.29, 1.82) is 5.26 Å². The number of ether oxygens (including phenoxy) is 4. The number of nitrogens with two attached hydrogens (primary N) is 1. The zero-order valence-corrected chi connectivity index (χ0v) is 20.8. The zero-order chi connectivity index (χ0) is 25.1. The van der Waals surface area contributed by atoms with Crippen LogP contribution in [0.15, 0.2) is 63.7 Å². The van der Waals surface area contributed by atoms with Crippen LogP contribution in [-0.2, 0) is 25.7 Å². The molecular weight excluding hydrogens is 516 g/mol. The molecule has 35 heavy (non-hydrogen) atoms. The van der Waals surface area contributed by atoms with Crippen LogP contribution in [0.5, 0.6) is 11.5 Å². The number of hydrogen-bond acceptors (Lipinski definition) is 8. The van der Waals surface area contributed by atoms with Crippen molar-refractivity contribution in [3.63, 3.8) is 0 Å². The minimum Gasteiger partial charge on any atom is -0.493 e. The van der Waals surface area contributed by atoms with Crippen molar-refractivity contribution in [1.82, 2.24) is 0 Å². The Morgan fingerprint density at radius 3 is 2.71 bits per heavy atom. The second-order valence-corrected chi connectivity index (χ2v) is 8.85. The summed E-state index contributed by atoms with van der Waals surface area (Å²) in [6.45, 7) is 0.150. The van der Waals surface area contributed by atoms with E-state index in [-0.39, 0.29) is 23.8 Å². The average molecular weight is 539 g/mol. The van der Waals surface area contributed by atoms with Gasteiger partial charge in [0.25, 0.3) is 0 Å². The van der Waals surface area contributed by atoms with Gasteiger partial charge in [-0.05, 0) is 30.2 Å². The van der Waals surface area contributed by atoms with Crippen LogP contribution in [0.4, 0.5) is 0 Å². The van der Waals surface area contributed by atoms with E-state index in [1.807, 2.05) is 12.1 Å². The maximum atomic E-state index is 13.0. The fourth-order valence-corrected chi connectivity index (χ4v) is 4.88. The van der Waals surface area contributed by atoms with Crippen molar-refractivity contribution in [3.8, 4) is 17.6 Å². The SMILES string of the molecule is COC(=O)C1=C(N)OC2=C(C(=O)CCC2)[C@H]1c1cc(OC)c(OCc2ccccc2C#N)cc1Br. The molecule has 1 heterocycles. The third-order valence-corrected chi connectivity index (χ3v) is 6.69. The number of allylic oxidation sites excluding steroid dienone is 2. The molecule has 0 aromatic heterocycles. The van der Waals surface area contributed by atoms with Crippen molar-refractivity contribution in [3.05, 3.63) is 80.3 Å². The number of halogens is 1. The molecule has 8 nitrogen and oxygen atoms in total. The fraction of sp³-hybridized carbons (Fsp3) is 0.269.